The molecule has 0 spiro atoms. The predicted octanol–water partition coefficient (Wildman–Crippen LogP) is 4.70. The molecule has 1 atom stereocenters. The minimum Gasteiger partial charge on any atom is -0.468 e. The van der Waals surface area contributed by atoms with E-state index in [1.807, 2.05) is 51.1 Å². The molecule has 0 N–H and O–H groups in total. The number of nitrogens with zero attached hydrogens (tertiary/aromatic N) is 2. The molecule has 202 valence electrons. The largest absolute Gasteiger partial charge is 0.468 e. The van der Waals surface area contributed by atoms with Crippen molar-refractivity contribution in [2.24, 2.45) is 5.92 Å². The van der Waals surface area contributed by atoms with Gasteiger partial charge in [-0.15, -0.1) is 0 Å². The number of hydrogen-bond donors (Lipinski definition) is 0. The predicted molar refractivity (Wildman–Crippen MR) is 141 cm³/mol. The van der Waals surface area contributed by atoms with Gasteiger partial charge in [-0.25, -0.2) is 4.98 Å². The number of anilines is 1. The van der Waals surface area contributed by atoms with Crippen LogP contribution in [0.5, 0.6) is 11.5 Å². The van der Waals surface area contributed by atoms with E-state index in [1.54, 1.807) is 24.3 Å². The molecular formula is C29H34N2O7. The number of hydrogen-bond acceptors (Lipinski definition) is 9. The molecule has 38 heavy (non-hydrogen) atoms. The highest BCUT2D eigenvalue weighted by Crippen LogP contribution is 2.41. The first-order valence-electron chi connectivity index (χ1n) is 12.6. The Morgan fingerprint density at radius 2 is 1.55 bits per heavy atom. The van der Waals surface area contributed by atoms with E-state index in [0.29, 0.717) is 49.2 Å². The maximum absolute atomic E-state index is 13.0. The van der Waals surface area contributed by atoms with Crippen molar-refractivity contribution in [3.63, 3.8) is 0 Å². The van der Waals surface area contributed by atoms with Gasteiger partial charge in [-0.3, -0.25) is 9.59 Å². The quantitative estimate of drug-likeness (QED) is 0.308. The standard InChI is InChI=1S/C29H34N2O7/c1-29(2,3)24-26(31-14-16-36-17-15-31)38-25(30-24)22(23(27(32)34-4)28(33)35-5)19-10-9-13-21(18-19)37-20-11-7-6-8-12-20/h6-13,18,22-23H,14-17H2,1-5H3. The number of esters is 2. The number of rotatable bonds is 8. The molecule has 0 amide bonds. The maximum Gasteiger partial charge on any atom is 0.321 e. The summed E-state index contributed by atoms with van der Waals surface area (Å²) in [6, 6.07) is 16.5. The van der Waals surface area contributed by atoms with Gasteiger partial charge < -0.3 is 28.3 Å². The van der Waals surface area contributed by atoms with Crippen molar-refractivity contribution in [3.8, 4) is 11.5 Å². The molecule has 1 saturated heterocycles. The van der Waals surface area contributed by atoms with E-state index >= 15 is 0 Å². The number of ether oxygens (including phenoxy) is 4. The van der Waals surface area contributed by atoms with Gasteiger partial charge >= 0.3 is 11.9 Å². The Bertz CT molecular complexity index is 1230. The number of morpholine rings is 1. The molecule has 9 nitrogen and oxygen atoms in total. The van der Waals surface area contributed by atoms with Gasteiger partial charge in [0.15, 0.2) is 5.92 Å². The minimum atomic E-state index is -1.35. The molecular weight excluding hydrogens is 488 g/mol. The van der Waals surface area contributed by atoms with Crippen molar-refractivity contribution in [2.75, 3.05) is 45.4 Å². The molecule has 4 rings (SSSR count). The monoisotopic (exact) mass is 522 g/mol. The number of benzene rings is 2. The Balaban J connectivity index is 1.86. The van der Waals surface area contributed by atoms with Crippen LogP contribution in [0.2, 0.25) is 0 Å². The third-order valence-corrected chi connectivity index (χ3v) is 6.34. The summed E-state index contributed by atoms with van der Waals surface area (Å²) >= 11 is 0. The maximum atomic E-state index is 13.0. The molecule has 0 saturated carbocycles. The van der Waals surface area contributed by atoms with Crippen molar-refractivity contribution in [2.45, 2.75) is 32.1 Å². The van der Waals surface area contributed by atoms with E-state index in [4.69, 9.17) is 28.3 Å². The molecule has 1 unspecified atom stereocenters. The Morgan fingerprint density at radius 3 is 2.16 bits per heavy atom. The van der Waals surface area contributed by atoms with Crippen LogP contribution in [0.25, 0.3) is 0 Å². The first-order chi connectivity index (χ1) is 18.2. The average Bonchev–Trinajstić information content (AvgIpc) is 3.38. The fraction of sp³-hybridized carbons (Fsp3) is 0.414. The van der Waals surface area contributed by atoms with E-state index in [1.165, 1.54) is 14.2 Å². The van der Waals surface area contributed by atoms with Crippen LogP contribution in [0.1, 0.15) is 43.8 Å². The summed E-state index contributed by atoms with van der Waals surface area (Å²) in [5, 5.41) is 0. The lowest BCUT2D eigenvalue weighted by atomic mass is 9.85. The number of carbonyl (C=O) groups excluding carboxylic acids is 2. The molecule has 1 aliphatic rings. The summed E-state index contributed by atoms with van der Waals surface area (Å²) in [5.41, 5.74) is 0.948. The Morgan fingerprint density at radius 1 is 0.921 bits per heavy atom. The van der Waals surface area contributed by atoms with Crippen LogP contribution in [0.15, 0.2) is 59.0 Å². The number of para-hydroxylation sites is 1. The van der Waals surface area contributed by atoms with Crippen molar-refractivity contribution in [1.29, 1.82) is 0 Å². The van der Waals surface area contributed by atoms with Crippen LogP contribution < -0.4 is 9.64 Å². The van der Waals surface area contributed by atoms with Gasteiger partial charge in [0.1, 0.15) is 17.2 Å². The van der Waals surface area contributed by atoms with E-state index in [9.17, 15) is 9.59 Å². The van der Waals surface area contributed by atoms with Crippen LogP contribution in [-0.2, 0) is 29.2 Å². The highest BCUT2D eigenvalue weighted by Gasteiger charge is 2.43. The molecule has 2 heterocycles. The average molecular weight is 523 g/mol. The van der Waals surface area contributed by atoms with Gasteiger partial charge in [0.2, 0.25) is 11.8 Å². The smallest absolute Gasteiger partial charge is 0.321 e. The van der Waals surface area contributed by atoms with Crippen LogP contribution in [0.4, 0.5) is 5.88 Å². The first kappa shape index (κ1) is 27.2. The van der Waals surface area contributed by atoms with Crippen molar-refractivity contribution in [3.05, 3.63) is 71.7 Å². The molecule has 1 fully saturated rings. The summed E-state index contributed by atoms with van der Waals surface area (Å²) in [5.74, 6) is -1.77. The molecule has 0 radical (unpaired) electrons. The lowest BCUT2D eigenvalue weighted by Crippen LogP contribution is -2.37. The zero-order chi connectivity index (χ0) is 27.3. The molecule has 1 aromatic heterocycles. The highest BCUT2D eigenvalue weighted by atomic mass is 16.5. The lowest BCUT2D eigenvalue weighted by molar-refractivity contribution is -0.159. The van der Waals surface area contributed by atoms with Crippen molar-refractivity contribution in [1.82, 2.24) is 4.98 Å². The van der Waals surface area contributed by atoms with Gasteiger partial charge in [-0.2, -0.15) is 0 Å². The summed E-state index contributed by atoms with van der Waals surface area (Å²) in [4.78, 5) is 33.0. The number of carbonyl (C=O) groups is 2. The zero-order valence-electron chi connectivity index (χ0n) is 22.4. The molecule has 0 aliphatic carbocycles. The fourth-order valence-corrected chi connectivity index (χ4v) is 4.43. The van der Waals surface area contributed by atoms with E-state index < -0.39 is 23.8 Å². The second kappa shape index (κ2) is 11.7. The van der Waals surface area contributed by atoms with Gasteiger partial charge in [0, 0.05) is 18.5 Å². The number of aromatic nitrogens is 1. The SMILES string of the molecule is COC(=O)C(C(=O)OC)C(c1cccc(Oc2ccccc2)c1)c1nc(C(C)(C)C)c(N2CCOCC2)o1. The lowest BCUT2D eigenvalue weighted by Gasteiger charge is -2.29. The Labute approximate surface area is 222 Å². The van der Waals surface area contributed by atoms with Crippen LogP contribution in [0.3, 0.4) is 0 Å². The third kappa shape index (κ3) is 5.99. The van der Waals surface area contributed by atoms with Crippen LogP contribution >= 0.6 is 0 Å². The normalized spacial score (nSPS) is 14.7. The van der Waals surface area contributed by atoms with Crippen LogP contribution in [-0.4, -0.2) is 57.4 Å². The minimum absolute atomic E-state index is 0.217. The van der Waals surface area contributed by atoms with Gasteiger partial charge in [-0.05, 0) is 29.8 Å². The number of oxazole rings is 1. The summed E-state index contributed by atoms with van der Waals surface area (Å²) < 4.78 is 28.1. The van der Waals surface area contributed by atoms with Gasteiger partial charge in [0.05, 0.1) is 33.4 Å². The van der Waals surface area contributed by atoms with Gasteiger partial charge in [-0.1, -0.05) is 51.1 Å². The molecule has 0 bridgehead atoms. The number of methoxy groups -OCH3 is 2. The second-order valence-corrected chi connectivity index (χ2v) is 10.0. The third-order valence-electron chi connectivity index (χ3n) is 6.34. The topological polar surface area (TPSA) is 100 Å². The molecule has 3 aromatic rings. The van der Waals surface area contributed by atoms with E-state index in [0.717, 1.165) is 5.69 Å². The summed E-state index contributed by atoms with van der Waals surface area (Å²) in [7, 11) is 2.47. The van der Waals surface area contributed by atoms with Gasteiger partial charge in [0.25, 0.3) is 0 Å². The second-order valence-electron chi connectivity index (χ2n) is 10.0. The van der Waals surface area contributed by atoms with E-state index in [-0.39, 0.29) is 11.3 Å². The van der Waals surface area contributed by atoms with E-state index in [2.05, 4.69) is 4.90 Å². The molecule has 9 heteroatoms. The fourth-order valence-electron chi connectivity index (χ4n) is 4.43. The molecule has 1 aliphatic heterocycles. The molecule has 2 aromatic carbocycles. The Kier molecular flexibility index (Phi) is 8.36. The Hall–Kier alpha value is -3.85. The zero-order valence-corrected chi connectivity index (χ0v) is 22.4. The first-order valence-corrected chi connectivity index (χ1v) is 12.6. The summed E-state index contributed by atoms with van der Waals surface area (Å²) in [6.45, 7) is 8.53. The highest BCUT2D eigenvalue weighted by molar-refractivity contribution is 5.96. The summed E-state index contributed by atoms with van der Waals surface area (Å²) in [6.07, 6.45) is 0. The van der Waals surface area contributed by atoms with Crippen LogP contribution in [0, 0.1) is 5.92 Å². The van der Waals surface area contributed by atoms with Crippen molar-refractivity contribution >= 4 is 17.8 Å². The van der Waals surface area contributed by atoms with Crippen molar-refractivity contribution < 1.29 is 33.0 Å².